The van der Waals surface area contributed by atoms with Crippen LogP contribution in [0.1, 0.15) is 43.0 Å². The van der Waals surface area contributed by atoms with Crippen LogP contribution in [0.2, 0.25) is 0 Å². The number of nitrogens with two attached hydrogens (primary N) is 1. The molecule has 1 saturated heterocycles. The van der Waals surface area contributed by atoms with Crippen LogP contribution < -0.4 is 11.3 Å². The third-order valence-corrected chi connectivity index (χ3v) is 3.74. The molecule has 3 N–H and O–H groups in total. The highest BCUT2D eigenvalue weighted by atomic mass is 32.1. The number of hydrazine groups is 1. The zero-order valence-electron chi connectivity index (χ0n) is 9.26. The molecule has 0 amide bonds. The molecule has 1 fully saturated rings. The summed E-state index contributed by atoms with van der Waals surface area (Å²) in [5.74, 6) is 5.53. The third kappa shape index (κ3) is 3.21. The Bertz CT molecular complexity index is 287. The van der Waals surface area contributed by atoms with Crippen LogP contribution in [0.5, 0.6) is 0 Å². The molecule has 0 aromatic carbocycles. The van der Waals surface area contributed by atoms with E-state index < -0.39 is 0 Å². The maximum Gasteiger partial charge on any atom is 0.0669 e. The molecular weight excluding hydrogens is 224 g/mol. The second-order valence-corrected chi connectivity index (χ2v) is 4.92. The molecule has 2 atom stereocenters. The SMILES string of the molecule is NNC(CCCC1CCCO1)c1cnns1. The van der Waals surface area contributed by atoms with Gasteiger partial charge in [-0.2, -0.15) is 0 Å². The van der Waals surface area contributed by atoms with Crippen LogP contribution in [0.15, 0.2) is 6.20 Å². The lowest BCUT2D eigenvalue weighted by Gasteiger charge is -2.14. The van der Waals surface area contributed by atoms with Gasteiger partial charge in [-0.25, -0.2) is 0 Å². The van der Waals surface area contributed by atoms with Gasteiger partial charge in [0.15, 0.2) is 0 Å². The van der Waals surface area contributed by atoms with Crippen molar-refractivity contribution < 1.29 is 4.74 Å². The maximum absolute atomic E-state index is 5.59. The van der Waals surface area contributed by atoms with Crippen LogP contribution >= 0.6 is 11.5 Å². The number of hydrogen-bond acceptors (Lipinski definition) is 6. The minimum absolute atomic E-state index is 0.182. The Kier molecular flexibility index (Phi) is 4.65. The standard InChI is InChI=1S/C10H18N4OS/c11-13-9(10-7-12-14-16-10)5-1-3-8-4-2-6-15-8/h7-9,13H,1-6,11H2. The fourth-order valence-electron chi connectivity index (χ4n) is 2.06. The first-order valence-corrected chi connectivity index (χ1v) is 6.52. The number of rotatable bonds is 6. The smallest absolute Gasteiger partial charge is 0.0669 e. The van der Waals surface area contributed by atoms with Gasteiger partial charge in [0.2, 0.25) is 0 Å². The molecule has 0 spiro atoms. The summed E-state index contributed by atoms with van der Waals surface area (Å²) in [6.07, 6.45) is 7.94. The van der Waals surface area contributed by atoms with Crippen molar-refractivity contribution in [3.8, 4) is 0 Å². The van der Waals surface area contributed by atoms with E-state index in [9.17, 15) is 0 Å². The topological polar surface area (TPSA) is 73.1 Å². The van der Waals surface area contributed by atoms with Crippen molar-refractivity contribution in [3.63, 3.8) is 0 Å². The van der Waals surface area contributed by atoms with E-state index in [1.807, 2.05) is 0 Å². The highest BCUT2D eigenvalue weighted by molar-refractivity contribution is 7.05. The summed E-state index contributed by atoms with van der Waals surface area (Å²) >= 11 is 1.40. The normalized spacial score (nSPS) is 22.4. The molecule has 1 aliphatic rings. The largest absolute Gasteiger partial charge is 0.378 e. The second-order valence-electron chi connectivity index (χ2n) is 4.11. The molecule has 1 aliphatic heterocycles. The molecule has 90 valence electrons. The minimum Gasteiger partial charge on any atom is -0.378 e. The van der Waals surface area contributed by atoms with Crippen LogP contribution in [0, 0.1) is 0 Å². The van der Waals surface area contributed by atoms with Gasteiger partial charge in [0, 0.05) is 6.61 Å². The van der Waals surface area contributed by atoms with Crippen molar-refractivity contribution in [1.29, 1.82) is 0 Å². The highest BCUT2D eigenvalue weighted by Crippen LogP contribution is 2.23. The predicted molar refractivity (Wildman–Crippen MR) is 62.8 cm³/mol. The van der Waals surface area contributed by atoms with Crippen molar-refractivity contribution in [1.82, 2.24) is 15.0 Å². The molecule has 0 saturated carbocycles. The molecule has 6 heteroatoms. The molecule has 2 unspecified atom stereocenters. The molecule has 0 radical (unpaired) electrons. The minimum atomic E-state index is 0.182. The zero-order valence-corrected chi connectivity index (χ0v) is 10.1. The fraction of sp³-hybridized carbons (Fsp3) is 0.800. The number of hydrogen-bond donors (Lipinski definition) is 2. The summed E-state index contributed by atoms with van der Waals surface area (Å²) in [6, 6.07) is 0.182. The predicted octanol–water partition coefficient (Wildman–Crippen LogP) is 1.39. The van der Waals surface area contributed by atoms with E-state index in [4.69, 9.17) is 10.6 Å². The van der Waals surface area contributed by atoms with Crippen LogP contribution in [0.4, 0.5) is 0 Å². The summed E-state index contributed by atoms with van der Waals surface area (Å²) in [4.78, 5) is 1.11. The Morgan fingerprint density at radius 1 is 1.69 bits per heavy atom. The van der Waals surface area contributed by atoms with E-state index in [0.717, 1.165) is 30.7 Å². The van der Waals surface area contributed by atoms with E-state index in [-0.39, 0.29) is 6.04 Å². The molecule has 0 bridgehead atoms. The van der Waals surface area contributed by atoms with Crippen molar-refractivity contribution in [2.45, 2.75) is 44.2 Å². The molecule has 16 heavy (non-hydrogen) atoms. The Labute approximate surface area is 99.5 Å². The molecule has 5 nitrogen and oxygen atoms in total. The summed E-state index contributed by atoms with van der Waals surface area (Å²) in [7, 11) is 0. The molecule has 1 aromatic rings. The molecule has 2 heterocycles. The average Bonchev–Trinajstić information content (AvgIpc) is 2.96. The van der Waals surface area contributed by atoms with E-state index >= 15 is 0 Å². The first-order valence-electron chi connectivity index (χ1n) is 5.75. The lowest BCUT2D eigenvalue weighted by molar-refractivity contribution is 0.101. The highest BCUT2D eigenvalue weighted by Gasteiger charge is 2.17. The van der Waals surface area contributed by atoms with Gasteiger partial charge in [-0.15, -0.1) is 5.10 Å². The van der Waals surface area contributed by atoms with E-state index in [2.05, 4.69) is 15.0 Å². The van der Waals surface area contributed by atoms with Crippen LogP contribution in [0.3, 0.4) is 0 Å². The lowest BCUT2D eigenvalue weighted by Crippen LogP contribution is -2.27. The van der Waals surface area contributed by atoms with Gasteiger partial charge in [0.1, 0.15) is 0 Å². The summed E-state index contributed by atoms with van der Waals surface area (Å²) in [5, 5.41) is 3.82. The Hall–Kier alpha value is -0.560. The fourth-order valence-corrected chi connectivity index (χ4v) is 2.65. The van der Waals surface area contributed by atoms with Crippen molar-refractivity contribution in [2.24, 2.45) is 5.84 Å². The van der Waals surface area contributed by atoms with Gasteiger partial charge >= 0.3 is 0 Å². The van der Waals surface area contributed by atoms with Gasteiger partial charge in [0.05, 0.1) is 23.2 Å². The summed E-state index contributed by atoms with van der Waals surface area (Å²) in [6.45, 7) is 0.933. The Morgan fingerprint density at radius 2 is 2.62 bits per heavy atom. The molecular formula is C10H18N4OS. The van der Waals surface area contributed by atoms with Gasteiger partial charge in [-0.3, -0.25) is 11.3 Å². The van der Waals surface area contributed by atoms with Crippen molar-refractivity contribution in [3.05, 3.63) is 11.1 Å². The number of ether oxygens (including phenoxy) is 1. The van der Waals surface area contributed by atoms with Crippen LogP contribution in [-0.4, -0.2) is 22.3 Å². The first-order chi connectivity index (χ1) is 7.90. The molecule has 0 aliphatic carbocycles. The first kappa shape index (κ1) is 11.9. The molecule has 1 aromatic heterocycles. The van der Waals surface area contributed by atoms with Gasteiger partial charge in [0.25, 0.3) is 0 Å². The Morgan fingerprint density at radius 3 is 3.25 bits per heavy atom. The van der Waals surface area contributed by atoms with Gasteiger partial charge in [-0.1, -0.05) is 4.49 Å². The second kappa shape index (κ2) is 6.24. The number of aromatic nitrogens is 2. The Balaban J connectivity index is 1.71. The van der Waals surface area contributed by atoms with Crippen molar-refractivity contribution >= 4 is 11.5 Å². The number of nitrogens with one attached hydrogen (secondary N) is 1. The van der Waals surface area contributed by atoms with Gasteiger partial charge < -0.3 is 4.74 Å². The van der Waals surface area contributed by atoms with E-state index in [1.165, 1.54) is 24.4 Å². The molecule has 2 rings (SSSR count). The summed E-state index contributed by atoms with van der Waals surface area (Å²) in [5.41, 5.74) is 2.82. The third-order valence-electron chi connectivity index (χ3n) is 2.97. The van der Waals surface area contributed by atoms with Crippen LogP contribution in [0.25, 0.3) is 0 Å². The summed E-state index contributed by atoms with van der Waals surface area (Å²) < 4.78 is 9.43. The van der Waals surface area contributed by atoms with Crippen LogP contribution in [-0.2, 0) is 4.74 Å². The van der Waals surface area contributed by atoms with E-state index in [0.29, 0.717) is 6.10 Å². The quantitative estimate of drug-likeness (QED) is 0.582. The lowest BCUT2D eigenvalue weighted by atomic mass is 10.1. The van der Waals surface area contributed by atoms with Crippen molar-refractivity contribution in [2.75, 3.05) is 6.61 Å². The van der Waals surface area contributed by atoms with Gasteiger partial charge in [-0.05, 0) is 43.6 Å². The monoisotopic (exact) mass is 242 g/mol. The maximum atomic E-state index is 5.59. The zero-order chi connectivity index (χ0) is 11.2. The average molecular weight is 242 g/mol. The number of nitrogens with zero attached hydrogens (tertiary/aromatic N) is 2. The van der Waals surface area contributed by atoms with E-state index in [1.54, 1.807) is 6.20 Å².